The van der Waals surface area contributed by atoms with Crippen molar-refractivity contribution in [2.75, 3.05) is 0 Å². The summed E-state index contributed by atoms with van der Waals surface area (Å²) < 4.78 is 2.15. The van der Waals surface area contributed by atoms with Crippen LogP contribution in [0.4, 0.5) is 0 Å². The van der Waals surface area contributed by atoms with Gasteiger partial charge in [0.15, 0.2) is 0 Å². The molecular weight excluding hydrogens is 262 g/mol. The highest BCUT2D eigenvalue weighted by Crippen LogP contribution is 2.21. The molecule has 1 unspecified atom stereocenters. The van der Waals surface area contributed by atoms with E-state index >= 15 is 0 Å². The summed E-state index contributed by atoms with van der Waals surface area (Å²) in [5.41, 5.74) is 3.69. The maximum Gasteiger partial charge on any atom is 0.112 e. The number of para-hydroxylation sites is 2. The van der Waals surface area contributed by atoms with Gasteiger partial charge in [0.25, 0.3) is 0 Å². The van der Waals surface area contributed by atoms with E-state index in [1.807, 2.05) is 43.3 Å². The Kier molecular flexibility index (Phi) is 3.71. The van der Waals surface area contributed by atoms with Crippen LogP contribution in [0.5, 0.6) is 0 Å². The fraction of sp³-hybridized carbons (Fsp3) is 0.294. The summed E-state index contributed by atoms with van der Waals surface area (Å²) in [6, 6.07) is 13.8. The summed E-state index contributed by atoms with van der Waals surface area (Å²) in [7, 11) is 0. The van der Waals surface area contributed by atoms with Gasteiger partial charge in [-0.3, -0.25) is 4.98 Å². The molecule has 0 spiro atoms. The quantitative estimate of drug-likeness (QED) is 0.799. The molecule has 0 aliphatic rings. The van der Waals surface area contributed by atoms with Crippen LogP contribution in [0.3, 0.4) is 0 Å². The molecule has 0 bridgehead atoms. The third kappa shape index (κ3) is 2.67. The zero-order valence-corrected chi connectivity index (χ0v) is 12.3. The fourth-order valence-electron chi connectivity index (χ4n) is 2.66. The maximum absolute atomic E-state index is 10.4. The number of benzene rings is 1. The van der Waals surface area contributed by atoms with Gasteiger partial charge in [0, 0.05) is 18.7 Å². The van der Waals surface area contributed by atoms with E-state index in [9.17, 15) is 5.11 Å². The summed E-state index contributed by atoms with van der Waals surface area (Å²) in [4.78, 5) is 9.04. The Morgan fingerprint density at radius 3 is 2.67 bits per heavy atom. The average molecular weight is 281 g/mol. The van der Waals surface area contributed by atoms with Gasteiger partial charge in [0.05, 0.1) is 16.7 Å². The Hall–Kier alpha value is -2.20. The van der Waals surface area contributed by atoms with Gasteiger partial charge in [-0.1, -0.05) is 18.2 Å². The van der Waals surface area contributed by atoms with Gasteiger partial charge in [0.2, 0.25) is 0 Å². The number of fused-ring (bicyclic) bond motifs is 1. The van der Waals surface area contributed by atoms with Crippen molar-refractivity contribution in [3.8, 4) is 0 Å². The Bertz CT molecular complexity index is 764. The van der Waals surface area contributed by atoms with Crippen molar-refractivity contribution >= 4 is 11.0 Å². The molecule has 1 aromatic carbocycles. The molecular formula is C17H19N3O. The minimum Gasteiger partial charge on any atom is -0.386 e. The van der Waals surface area contributed by atoms with Crippen LogP contribution in [0.2, 0.25) is 0 Å². The normalized spacial score (nSPS) is 12.7. The molecule has 2 heterocycles. The third-order valence-corrected chi connectivity index (χ3v) is 3.68. The molecule has 0 saturated carbocycles. The Labute approximate surface area is 124 Å². The van der Waals surface area contributed by atoms with Crippen molar-refractivity contribution in [3.63, 3.8) is 0 Å². The van der Waals surface area contributed by atoms with E-state index in [0.29, 0.717) is 12.1 Å². The summed E-state index contributed by atoms with van der Waals surface area (Å²) >= 11 is 0. The molecule has 3 rings (SSSR count). The van der Waals surface area contributed by atoms with Gasteiger partial charge < -0.3 is 9.67 Å². The van der Waals surface area contributed by atoms with E-state index in [-0.39, 0.29) is 0 Å². The molecule has 21 heavy (non-hydrogen) atoms. The second kappa shape index (κ2) is 5.66. The van der Waals surface area contributed by atoms with Crippen LogP contribution in [0.1, 0.15) is 30.2 Å². The van der Waals surface area contributed by atoms with Crippen LogP contribution in [0, 0.1) is 6.92 Å². The molecule has 1 N–H and O–H groups in total. The molecule has 0 aliphatic carbocycles. The number of rotatable bonds is 4. The Morgan fingerprint density at radius 1 is 1.10 bits per heavy atom. The van der Waals surface area contributed by atoms with E-state index < -0.39 is 6.10 Å². The summed E-state index contributed by atoms with van der Waals surface area (Å²) in [5.74, 6) is 0.898. The maximum atomic E-state index is 10.4. The fourth-order valence-corrected chi connectivity index (χ4v) is 2.66. The standard InChI is InChI=1S/C17H19N3O/c1-3-20-15-10-5-4-8-13(15)19-17(20)11-16(21)14-9-6-7-12(2)18-14/h4-10,16,21H,3,11H2,1-2H3. The van der Waals surface area contributed by atoms with Crippen LogP contribution >= 0.6 is 0 Å². The number of imidazole rings is 1. The lowest BCUT2D eigenvalue weighted by Crippen LogP contribution is -2.10. The predicted octanol–water partition coefficient (Wildman–Crippen LogP) is 3.04. The molecule has 2 aromatic heterocycles. The number of aliphatic hydroxyl groups excluding tert-OH is 1. The van der Waals surface area contributed by atoms with E-state index in [2.05, 4.69) is 27.5 Å². The lowest BCUT2D eigenvalue weighted by molar-refractivity contribution is 0.170. The van der Waals surface area contributed by atoms with Crippen molar-refractivity contribution in [1.82, 2.24) is 14.5 Å². The molecule has 0 fully saturated rings. The summed E-state index contributed by atoms with van der Waals surface area (Å²) in [6.45, 7) is 4.86. The van der Waals surface area contributed by atoms with Crippen molar-refractivity contribution in [2.45, 2.75) is 32.9 Å². The Balaban J connectivity index is 1.94. The minimum atomic E-state index is -0.632. The van der Waals surface area contributed by atoms with E-state index in [0.717, 1.165) is 29.1 Å². The smallest absolute Gasteiger partial charge is 0.112 e. The first-order chi connectivity index (χ1) is 10.2. The first-order valence-corrected chi connectivity index (χ1v) is 7.25. The second-order valence-electron chi connectivity index (χ2n) is 5.18. The topological polar surface area (TPSA) is 50.9 Å². The molecule has 0 saturated heterocycles. The average Bonchev–Trinajstić information content (AvgIpc) is 2.84. The van der Waals surface area contributed by atoms with E-state index in [1.54, 1.807) is 0 Å². The van der Waals surface area contributed by atoms with E-state index in [4.69, 9.17) is 0 Å². The van der Waals surface area contributed by atoms with Crippen molar-refractivity contribution < 1.29 is 5.11 Å². The highest BCUT2D eigenvalue weighted by Gasteiger charge is 2.16. The number of pyridine rings is 1. The number of nitrogens with zero attached hydrogens (tertiary/aromatic N) is 3. The first-order valence-electron chi connectivity index (χ1n) is 7.25. The largest absolute Gasteiger partial charge is 0.386 e. The predicted molar refractivity (Wildman–Crippen MR) is 83.0 cm³/mol. The zero-order chi connectivity index (χ0) is 14.8. The van der Waals surface area contributed by atoms with Gasteiger partial charge >= 0.3 is 0 Å². The van der Waals surface area contributed by atoms with Crippen molar-refractivity contribution in [3.05, 3.63) is 59.7 Å². The highest BCUT2D eigenvalue weighted by molar-refractivity contribution is 5.75. The second-order valence-corrected chi connectivity index (χ2v) is 5.18. The first kappa shape index (κ1) is 13.8. The number of aryl methyl sites for hydroxylation is 2. The van der Waals surface area contributed by atoms with Gasteiger partial charge in [-0.2, -0.15) is 0 Å². The Morgan fingerprint density at radius 2 is 1.90 bits per heavy atom. The number of aromatic nitrogens is 3. The SMILES string of the molecule is CCn1c(CC(O)c2cccc(C)n2)nc2ccccc21. The molecule has 4 heteroatoms. The lowest BCUT2D eigenvalue weighted by atomic mass is 10.1. The van der Waals surface area contributed by atoms with Gasteiger partial charge in [-0.15, -0.1) is 0 Å². The number of aliphatic hydroxyl groups is 1. The molecule has 0 radical (unpaired) electrons. The van der Waals surface area contributed by atoms with E-state index in [1.165, 1.54) is 0 Å². The monoisotopic (exact) mass is 281 g/mol. The van der Waals surface area contributed by atoms with Gasteiger partial charge in [0.1, 0.15) is 11.9 Å². The van der Waals surface area contributed by atoms with Crippen LogP contribution in [-0.2, 0) is 13.0 Å². The third-order valence-electron chi connectivity index (χ3n) is 3.68. The molecule has 108 valence electrons. The molecule has 0 amide bonds. The highest BCUT2D eigenvalue weighted by atomic mass is 16.3. The van der Waals surface area contributed by atoms with Gasteiger partial charge in [-0.05, 0) is 38.1 Å². The van der Waals surface area contributed by atoms with Crippen LogP contribution in [-0.4, -0.2) is 19.6 Å². The lowest BCUT2D eigenvalue weighted by Gasteiger charge is -2.12. The molecule has 0 aliphatic heterocycles. The molecule has 1 atom stereocenters. The van der Waals surface area contributed by atoms with Gasteiger partial charge in [-0.25, -0.2) is 4.98 Å². The van der Waals surface area contributed by atoms with Crippen molar-refractivity contribution in [2.24, 2.45) is 0 Å². The summed E-state index contributed by atoms with van der Waals surface area (Å²) in [5, 5.41) is 10.4. The summed E-state index contributed by atoms with van der Waals surface area (Å²) in [6.07, 6.45) is -0.161. The molecule has 3 aromatic rings. The van der Waals surface area contributed by atoms with Crippen LogP contribution < -0.4 is 0 Å². The number of hydrogen-bond donors (Lipinski definition) is 1. The zero-order valence-electron chi connectivity index (χ0n) is 12.3. The molecule has 4 nitrogen and oxygen atoms in total. The van der Waals surface area contributed by atoms with Crippen LogP contribution in [0.25, 0.3) is 11.0 Å². The van der Waals surface area contributed by atoms with Crippen LogP contribution in [0.15, 0.2) is 42.5 Å². The minimum absolute atomic E-state index is 0.471. The number of hydrogen-bond acceptors (Lipinski definition) is 3. The van der Waals surface area contributed by atoms with Crippen molar-refractivity contribution in [1.29, 1.82) is 0 Å².